The SMILES string of the molecule is Cc1ccc(NC[C@H]2CO[C@]3(COCCN(CCO)C3)C2)nn1. The summed E-state index contributed by atoms with van der Waals surface area (Å²) in [6.07, 6.45) is 0.960. The van der Waals surface area contributed by atoms with Gasteiger partial charge >= 0.3 is 0 Å². The molecule has 2 atom stereocenters. The quantitative estimate of drug-likeness (QED) is 0.807. The summed E-state index contributed by atoms with van der Waals surface area (Å²) in [5.74, 6) is 1.23. The number of β-amino-alcohol motifs (C(OH)–C–C–N with tert-alkyl or cyclic N) is 1. The molecule has 128 valence electrons. The Hall–Kier alpha value is -1.28. The first-order valence-corrected chi connectivity index (χ1v) is 8.28. The Morgan fingerprint density at radius 3 is 3.13 bits per heavy atom. The maximum absolute atomic E-state index is 9.18. The summed E-state index contributed by atoms with van der Waals surface area (Å²) < 4.78 is 11.9. The highest BCUT2D eigenvalue weighted by molar-refractivity contribution is 5.32. The number of nitrogens with one attached hydrogen (secondary N) is 1. The number of nitrogens with zero attached hydrogens (tertiary/aromatic N) is 3. The molecular formula is C16H26N4O3. The molecule has 0 aromatic carbocycles. The van der Waals surface area contributed by atoms with Gasteiger partial charge < -0.3 is 19.9 Å². The van der Waals surface area contributed by atoms with Gasteiger partial charge in [-0.2, -0.15) is 5.10 Å². The largest absolute Gasteiger partial charge is 0.395 e. The number of rotatable bonds is 5. The number of aliphatic hydroxyl groups excluding tert-OH is 1. The predicted octanol–water partition coefficient (Wildman–Crippen LogP) is 0.297. The van der Waals surface area contributed by atoms with E-state index in [1.165, 1.54) is 0 Å². The highest BCUT2D eigenvalue weighted by atomic mass is 16.5. The molecule has 2 aliphatic rings. The van der Waals surface area contributed by atoms with E-state index in [4.69, 9.17) is 9.47 Å². The fourth-order valence-corrected chi connectivity index (χ4v) is 3.34. The number of aromatic nitrogens is 2. The van der Waals surface area contributed by atoms with Crippen LogP contribution < -0.4 is 5.32 Å². The molecule has 2 saturated heterocycles. The lowest BCUT2D eigenvalue weighted by Gasteiger charge is -2.30. The smallest absolute Gasteiger partial charge is 0.148 e. The Morgan fingerprint density at radius 1 is 1.43 bits per heavy atom. The number of hydrogen-bond acceptors (Lipinski definition) is 7. The van der Waals surface area contributed by atoms with Crippen molar-refractivity contribution in [2.45, 2.75) is 18.9 Å². The van der Waals surface area contributed by atoms with Gasteiger partial charge in [0.2, 0.25) is 0 Å². The third-order valence-corrected chi connectivity index (χ3v) is 4.50. The summed E-state index contributed by atoms with van der Waals surface area (Å²) in [4.78, 5) is 2.23. The minimum Gasteiger partial charge on any atom is -0.395 e. The molecule has 1 aromatic rings. The van der Waals surface area contributed by atoms with Crippen LogP contribution in [-0.2, 0) is 9.47 Å². The summed E-state index contributed by atoms with van der Waals surface area (Å²) in [7, 11) is 0. The minimum atomic E-state index is -0.239. The topological polar surface area (TPSA) is 79.7 Å². The third-order valence-electron chi connectivity index (χ3n) is 4.50. The van der Waals surface area contributed by atoms with Gasteiger partial charge in [0.1, 0.15) is 11.4 Å². The van der Waals surface area contributed by atoms with Crippen molar-refractivity contribution in [1.82, 2.24) is 15.1 Å². The fraction of sp³-hybridized carbons (Fsp3) is 0.750. The molecule has 3 heterocycles. The summed E-state index contributed by atoms with van der Waals surface area (Å²) in [5, 5.41) is 20.7. The van der Waals surface area contributed by atoms with Crippen molar-refractivity contribution in [3.8, 4) is 0 Å². The van der Waals surface area contributed by atoms with E-state index in [9.17, 15) is 5.11 Å². The molecule has 2 fully saturated rings. The van der Waals surface area contributed by atoms with Gasteiger partial charge in [-0.1, -0.05) is 0 Å². The van der Waals surface area contributed by atoms with Crippen LogP contribution in [0.1, 0.15) is 12.1 Å². The molecule has 0 bridgehead atoms. The average Bonchev–Trinajstić information content (AvgIpc) is 2.83. The van der Waals surface area contributed by atoms with Gasteiger partial charge in [0.05, 0.1) is 32.1 Å². The van der Waals surface area contributed by atoms with Gasteiger partial charge in [0.25, 0.3) is 0 Å². The van der Waals surface area contributed by atoms with E-state index >= 15 is 0 Å². The summed E-state index contributed by atoms with van der Waals surface area (Å²) in [5.41, 5.74) is 0.676. The van der Waals surface area contributed by atoms with Crippen LogP contribution in [0.4, 0.5) is 5.82 Å². The number of ether oxygens (including phenoxy) is 2. The van der Waals surface area contributed by atoms with Gasteiger partial charge in [0, 0.05) is 32.1 Å². The van der Waals surface area contributed by atoms with Gasteiger partial charge in [0.15, 0.2) is 0 Å². The fourth-order valence-electron chi connectivity index (χ4n) is 3.34. The van der Waals surface area contributed by atoms with Crippen LogP contribution in [0.2, 0.25) is 0 Å². The van der Waals surface area contributed by atoms with Gasteiger partial charge in [-0.25, -0.2) is 0 Å². The number of hydrogen-bond donors (Lipinski definition) is 2. The summed E-state index contributed by atoms with van der Waals surface area (Å²) in [6, 6.07) is 3.90. The molecule has 7 nitrogen and oxygen atoms in total. The van der Waals surface area contributed by atoms with Crippen LogP contribution in [0.3, 0.4) is 0 Å². The second-order valence-corrected chi connectivity index (χ2v) is 6.56. The number of anilines is 1. The Morgan fingerprint density at radius 2 is 2.35 bits per heavy atom. The van der Waals surface area contributed by atoms with Crippen molar-refractivity contribution >= 4 is 5.82 Å². The van der Waals surface area contributed by atoms with Gasteiger partial charge in [-0.05, 0) is 25.5 Å². The van der Waals surface area contributed by atoms with Gasteiger partial charge in [-0.3, -0.25) is 4.90 Å². The Labute approximate surface area is 137 Å². The second-order valence-electron chi connectivity index (χ2n) is 6.56. The van der Waals surface area contributed by atoms with Crippen molar-refractivity contribution in [1.29, 1.82) is 0 Å². The van der Waals surface area contributed by atoms with E-state index in [1.807, 2.05) is 19.1 Å². The molecule has 7 heteroatoms. The van der Waals surface area contributed by atoms with Crippen molar-refractivity contribution in [3.05, 3.63) is 17.8 Å². The highest BCUT2D eigenvalue weighted by Crippen LogP contribution is 2.32. The molecule has 23 heavy (non-hydrogen) atoms. The Balaban J connectivity index is 1.53. The zero-order valence-corrected chi connectivity index (χ0v) is 13.7. The molecule has 0 amide bonds. The first-order valence-electron chi connectivity index (χ1n) is 8.28. The average molecular weight is 322 g/mol. The molecule has 1 aromatic heterocycles. The first kappa shape index (κ1) is 16.6. The van der Waals surface area contributed by atoms with E-state index in [0.717, 1.165) is 44.2 Å². The molecule has 0 aliphatic carbocycles. The van der Waals surface area contributed by atoms with Crippen molar-refractivity contribution in [3.63, 3.8) is 0 Å². The molecule has 0 radical (unpaired) electrons. The molecule has 0 saturated carbocycles. The molecule has 0 unspecified atom stereocenters. The van der Waals surface area contributed by atoms with Gasteiger partial charge in [-0.15, -0.1) is 5.10 Å². The normalized spacial score (nSPS) is 28.9. The van der Waals surface area contributed by atoms with Crippen LogP contribution >= 0.6 is 0 Å². The second kappa shape index (κ2) is 7.53. The van der Waals surface area contributed by atoms with Crippen LogP contribution in [0.5, 0.6) is 0 Å². The van der Waals surface area contributed by atoms with E-state index < -0.39 is 0 Å². The zero-order valence-electron chi connectivity index (χ0n) is 13.7. The standard InChI is InChI=1S/C16H26N4O3/c1-13-2-3-15(19-18-13)17-9-14-8-16(23-10-14)11-20(4-6-21)5-7-22-12-16/h2-3,14,21H,4-12H2,1H3,(H,17,19)/t14-,16+/m0/s1. The van der Waals surface area contributed by atoms with E-state index in [2.05, 4.69) is 20.4 Å². The lowest BCUT2D eigenvalue weighted by molar-refractivity contribution is -0.0563. The number of aryl methyl sites for hydroxylation is 1. The maximum Gasteiger partial charge on any atom is 0.148 e. The first-order chi connectivity index (χ1) is 11.2. The van der Waals surface area contributed by atoms with E-state index in [1.54, 1.807) is 0 Å². The maximum atomic E-state index is 9.18. The Bertz CT molecular complexity index is 499. The molecule has 2 N–H and O–H groups in total. The zero-order chi connectivity index (χ0) is 16.1. The summed E-state index contributed by atoms with van der Waals surface area (Å²) >= 11 is 0. The lowest BCUT2D eigenvalue weighted by Crippen LogP contribution is -2.45. The summed E-state index contributed by atoms with van der Waals surface area (Å²) in [6.45, 7) is 7.34. The van der Waals surface area contributed by atoms with E-state index in [-0.39, 0.29) is 12.2 Å². The van der Waals surface area contributed by atoms with Crippen molar-refractivity contribution < 1.29 is 14.6 Å². The molecule has 1 spiro atoms. The lowest BCUT2D eigenvalue weighted by atomic mass is 9.94. The minimum absolute atomic E-state index is 0.174. The highest BCUT2D eigenvalue weighted by Gasteiger charge is 2.43. The molecule has 2 aliphatic heterocycles. The van der Waals surface area contributed by atoms with E-state index in [0.29, 0.717) is 25.7 Å². The molecule has 3 rings (SSSR count). The predicted molar refractivity (Wildman–Crippen MR) is 86.4 cm³/mol. The van der Waals surface area contributed by atoms with Crippen LogP contribution in [0, 0.1) is 12.8 Å². The van der Waals surface area contributed by atoms with Crippen LogP contribution in [-0.4, -0.2) is 78.4 Å². The van der Waals surface area contributed by atoms with Crippen molar-refractivity contribution in [2.75, 3.05) is 57.9 Å². The third kappa shape index (κ3) is 4.38. The number of aliphatic hydroxyl groups is 1. The Kier molecular flexibility index (Phi) is 5.42. The molecular weight excluding hydrogens is 296 g/mol. The van der Waals surface area contributed by atoms with Crippen LogP contribution in [0.15, 0.2) is 12.1 Å². The van der Waals surface area contributed by atoms with Crippen LogP contribution in [0.25, 0.3) is 0 Å². The van der Waals surface area contributed by atoms with Crippen molar-refractivity contribution in [2.24, 2.45) is 5.92 Å². The monoisotopic (exact) mass is 322 g/mol.